The number of carbonyl (C=O) groups is 1. The molecule has 4 heterocycles. The number of hydrogen-bond acceptors (Lipinski definition) is 5. The van der Waals surface area contributed by atoms with Gasteiger partial charge in [0.05, 0.1) is 31.2 Å². The lowest BCUT2D eigenvalue weighted by Gasteiger charge is -2.23. The van der Waals surface area contributed by atoms with Crippen molar-refractivity contribution in [1.29, 1.82) is 0 Å². The maximum Gasteiger partial charge on any atom is 0.251 e. The lowest BCUT2D eigenvalue weighted by atomic mass is 10.1. The predicted molar refractivity (Wildman–Crippen MR) is 91.5 cm³/mol. The Morgan fingerprint density at radius 2 is 2.28 bits per heavy atom. The van der Waals surface area contributed by atoms with Crippen molar-refractivity contribution < 1.29 is 13.9 Å². The third-order valence-electron chi connectivity index (χ3n) is 5.11. The molecule has 132 valence electrons. The van der Waals surface area contributed by atoms with Gasteiger partial charge in [0, 0.05) is 32.3 Å². The number of rotatable bonds is 5. The summed E-state index contributed by atoms with van der Waals surface area (Å²) in [5.74, 6) is 1.00. The lowest BCUT2D eigenvalue weighted by molar-refractivity contribution is -0.142. The molecule has 0 saturated carbocycles. The van der Waals surface area contributed by atoms with Gasteiger partial charge in [-0.15, -0.1) is 0 Å². The Balaban J connectivity index is 1.36. The van der Waals surface area contributed by atoms with Crippen molar-refractivity contribution in [2.75, 3.05) is 13.6 Å². The molecule has 6 nitrogen and oxygen atoms in total. The van der Waals surface area contributed by atoms with E-state index in [2.05, 4.69) is 9.88 Å². The molecule has 1 amide bonds. The molecule has 2 fully saturated rings. The number of likely N-dealkylation sites (tertiary alicyclic amines) is 1. The molecule has 0 spiro atoms. The molecular formula is C19H23N3O3. The van der Waals surface area contributed by atoms with E-state index >= 15 is 0 Å². The molecule has 2 aliphatic heterocycles. The van der Waals surface area contributed by atoms with Crippen molar-refractivity contribution in [3.8, 4) is 0 Å². The van der Waals surface area contributed by atoms with Gasteiger partial charge in [-0.1, -0.05) is 6.07 Å². The van der Waals surface area contributed by atoms with E-state index in [1.807, 2.05) is 37.4 Å². The number of fused-ring (bicyclic) bond motifs is 1. The van der Waals surface area contributed by atoms with Crippen LogP contribution in [0.4, 0.5) is 0 Å². The van der Waals surface area contributed by atoms with Crippen molar-refractivity contribution in [2.45, 2.75) is 44.2 Å². The van der Waals surface area contributed by atoms with E-state index in [9.17, 15) is 4.79 Å². The average molecular weight is 341 g/mol. The number of hydrogen-bond donors (Lipinski definition) is 0. The van der Waals surface area contributed by atoms with Crippen LogP contribution in [0.25, 0.3) is 0 Å². The minimum absolute atomic E-state index is 0.0398. The van der Waals surface area contributed by atoms with Crippen molar-refractivity contribution in [3.63, 3.8) is 0 Å². The topological polar surface area (TPSA) is 58.8 Å². The average Bonchev–Trinajstić information content (AvgIpc) is 3.34. The van der Waals surface area contributed by atoms with Crippen molar-refractivity contribution in [2.24, 2.45) is 0 Å². The summed E-state index contributed by atoms with van der Waals surface area (Å²) in [6.07, 6.45) is 4.95. The Labute approximate surface area is 147 Å². The number of aromatic nitrogens is 1. The summed E-state index contributed by atoms with van der Waals surface area (Å²) in [7, 11) is 1.81. The van der Waals surface area contributed by atoms with E-state index in [0.717, 1.165) is 37.4 Å². The first kappa shape index (κ1) is 16.3. The molecule has 0 unspecified atom stereocenters. The number of ether oxygens (including phenoxy) is 1. The fraction of sp³-hybridized carbons (Fsp3) is 0.474. The summed E-state index contributed by atoms with van der Waals surface area (Å²) >= 11 is 0. The zero-order valence-electron chi connectivity index (χ0n) is 14.4. The summed E-state index contributed by atoms with van der Waals surface area (Å²) < 4.78 is 11.5. The van der Waals surface area contributed by atoms with Gasteiger partial charge in [0.25, 0.3) is 5.91 Å². The van der Waals surface area contributed by atoms with Crippen molar-refractivity contribution in [1.82, 2.24) is 14.8 Å². The van der Waals surface area contributed by atoms with Crippen LogP contribution in [0, 0.1) is 0 Å². The van der Waals surface area contributed by atoms with Gasteiger partial charge in [-0.3, -0.25) is 14.7 Å². The van der Waals surface area contributed by atoms with Gasteiger partial charge >= 0.3 is 0 Å². The van der Waals surface area contributed by atoms with Crippen LogP contribution in [-0.2, 0) is 22.6 Å². The second kappa shape index (κ2) is 6.98. The zero-order chi connectivity index (χ0) is 17.2. The molecule has 2 aromatic rings. The third-order valence-corrected chi connectivity index (χ3v) is 5.11. The Kier molecular flexibility index (Phi) is 4.55. The maximum atomic E-state index is 12.7. The van der Waals surface area contributed by atoms with Crippen LogP contribution in [0.3, 0.4) is 0 Å². The molecule has 2 aliphatic rings. The standard InChI is InChI=1S/C19H23N3O3/c1-21(12-14-5-2-3-8-20-14)19(23)18-11-16-17(25-18)7-9-22(16)13-15-6-4-10-24-15/h2-6,8,10,16-18H,7,9,11-13H2,1H3/t16-,17-,18+/m1/s1. The van der Waals surface area contributed by atoms with Gasteiger partial charge in [0.2, 0.25) is 0 Å². The SMILES string of the molecule is CN(Cc1ccccn1)C(=O)[C@@H]1C[C@@H]2[C@@H](CCN2Cc2ccco2)O1. The molecule has 2 saturated heterocycles. The van der Waals surface area contributed by atoms with E-state index in [4.69, 9.17) is 9.15 Å². The number of likely N-dealkylation sites (N-methyl/N-ethyl adjacent to an activating group) is 1. The fourth-order valence-corrected chi connectivity index (χ4v) is 3.85. The molecule has 6 heteroatoms. The van der Waals surface area contributed by atoms with Gasteiger partial charge in [-0.2, -0.15) is 0 Å². The van der Waals surface area contributed by atoms with E-state index in [1.165, 1.54) is 0 Å². The molecule has 0 bridgehead atoms. The first-order valence-corrected chi connectivity index (χ1v) is 8.77. The Morgan fingerprint density at radius 3 is 3.04 bits per heavy atom. The van der Waals surface area contributed by atoms with Crippen LogP contribution in [0.2, 0.25) is 0 Å². The second-order valence-corrected chi connectivity index (χ2v) is 6.82. The number of nitrogens with zero attached hydrogens (tertiary/aromatic N) is 3. The molecule has 0 radical (unpaired) electrons. The molecular weight excluding hydrogens is 318 g/mol. The van der Waals surface area contributed by atoms with Crippen molar-refractivity contribution in [3.05, 3.63) is 54.2 Å². The highest BCUT2D eigenvalue weighted by atomic mass is 16.5. The molecule has 0 aliphatic carbocycles. The van der Waals surface area contributed by atoms with E-state index in [-0.39, 0.29) is 18.1 Å². The molecule has 3 atom stereocenters. The Hall–Kier alpha value is -2.18. The summed E-state index contributed by atoms with van der Waals surface area (Å²) in [5, 5.41) is 0. The van der Waals surface area contributed by atoms with Gasteiger partial charge in [0.1, 0.15) is 11.9 Å². The minimum atomic E-state index is -0.358. The van der Waals surface area contributed by atoms with Crippen LogP contribution in [-0.4, -0.2) is 52.5 Å². The lowest BCUT2D eigenvalue weighted by Crippen LogP contribution is -2.37. The van der Waals surface area contributed by atoms with Crippen LogP contribution >= 0.6 is 0 Å². The number of pyridine rings is 1. The normalized spacial score (nSPS) is 25.9. The van der Waals surface area contributed by atoms with Crippen LogP contribution in [0.15, 0.2) is 47.2 Å². The first-order valence-electron chi connectivity index (χ1n) is 8.77. The van der Waals surface area contributed by atoms with E-state index in [1.54, 1.807) is 17.4 Å². The Morgan fingerprint density at radius 1 is 1.36 bits per heavy atom. The second-order valence-electron chi connectivity index (χ2n) is 6.82. The highest BCUT2D eigenvalue weighted by Gasteiger charge is 2.46. The third kappa shape index (κ3) is 3.45. The zero-order valence-corrected chi connectivity index (χ0v) is 14.4. The summed E-state index contributed by atoms with van der Waals surface area (Å²) in [4.78, 5) is 21.1. The van der Waals surface area contributed by atoms with E-state index in [0.29, 0.717) is 12.6 Å². The minimum Gasteiger partial charge on any atom is -0.468 e. The Bertz CT molecular complexity index is 704. The van der Waals surface area contributed by atoms with Gasteiger partial charge in [-0.25, -0.2) is 0 Å². The summed E-state index contributed by atoms with van der Waals surface area (Å²) in [5.41, 5.74) is 0.885. The quantitative estimate of drug-likeness (QED) is 0.833. The summed E-state index contributed by atoms with van der Waals surface area (Å²) in [6, 6.07) is 9.93. The van der Waals surface area contributed by atoms with Crippen LogP contribution in [0.5, 0.6) is 0 Å². The molecule has 2 aromatic heterocycles. The van der Waals surface area contributed by atoms with Crippen LogP contribution in [0.1, 0.15) is 24.3 Å². The molecule has 25 heavy (non-hydrogen) atoms. The monoisotopic (exact) mass is 341 g/mol. The maximum absolute atomic E-state index is 12.7. The van der Waals surface area contributed by atoms with Gasteiger partial charge in [-0.05, 0) is 30.7 Å². The molecule has 0 aromatic carbocycles. The number of carbonyl (C=O) groups excluding carboxylic acids is 1. The van der Waals surface area contributed by atoms with Crippen molar-refractivity contribution >= 4 is 5.91 Å². The van der Waals surface area contributed by atoms with E-state index < -0.39 is 0 Å². The first-order chi connectivity index (χ1) is 12.2. The molecule has 4 rings (SSSR count). The summed E-state index contributed by atoms with van der Waals surface area (Å²) in [6.45, 7) is 2.27. The fourth-order valence-electron chi connectivity index (χ4n) is 3.85. The highest BCUT2D eigenvalue weighted by Crippen LogP contribution is 2.34. The smallest absolute Gasteiger partial charge is 0.251 e. The van der Waals surface area contributed by atoms with Crippen LogP contribution < -0.4 is 0 Å². The highest BCUT2D eigenvalue weighted by molar-refractivity contribution is 5.81. The number of furan rings is 1. The largest absolute Gasteiger partial charge is 0.468 e. The number of amides is 1. The molecule has 0 N–H and O–H groups in total. The van der Waals surface area contributed by atoms with Gasteiger partial charge < -0.3 is 14.1 Å². The van der Waals surface area contributed by atoms with Gasteiger partial charge in [0.15, 0.2) is 0 Å². The predicted octanol–water partition coefficient (Wildman–Crippen LogP) is 2.06.